The summed E-state index contributed by atoms with van der Waals surface area (Å²) < 4.78 is 0. The van der Waals surface area contributed by atoms with E-state index in [0.717, 1.165) is 38.5 Å². The second-order valence-corrected chi connectivity index (χ2v) is 4.77. The molecule has 0 aliphatic heterocycles. The lowest BCUT2D eigenvalue weighted by atomic mass is 9.64. The van der Waals surface area contributed by atoms with Gasteiger partial charge in [0.05, 0.1) is 6.10 Å². The first-order valence-corrected chi connectivity index (χ1v) is 5.67. The van der Waals surface area contributed by atoms with E-state index in [1.807, 2.05) is 0 Å². The third kappa shape index (κ3) is 1.65. The quantitative estimate of drug-likeness (QED) is 0.660. The van der Waals surface area contributed by atoms with Crippen molar-refractivity contribution in [2.45, 2.75) is 44.6 Å². The van der Waals surface area contributed by atoms with Crippen molar-refractivity contribution >= 4 is 5.91 Å². The van der Waals surface area contributed by atoms with Crippen molar-refractivity contribution in [3.8, 4) is 0 Å². The molecule has 2 aliphatic rings. The van der Waals surface area contributed by atoms with Gasteiger partial charge in [-0.3, -0.25) is 4.79 Å². The third-order valence-electron chi connectivity index (χ3n) is 4.02. The van der Waals surface area contributed by atoms with Gasteiger partial charge in [0.25, 0.3) is 0 Å². The van der Waals surface area contributed by atoms with Crippen LogP contribution in [0.25, 0.3) is 0 Å². The molecule has 3 N–H and O–H groups in total. The Kier molecular flexibility index (Phi) is 2.77. The number of hydrogen-bond donors (Lipinski definition) is 2. The lowest BCUT2D eigenvalue weighted by Crippen LogP contribution is -2.43. The van der Waals surface area contributed by atoms with Gasteiger partial charge in [-0.15, -0.1) is 0 Å². The van der Waals surface area contributed by atoms with Gasteiger partial charge in [0.1, 0.15) is 0 Å². The van der Waals surface area contributed by atoms with E-state index in [0.29, 0.717) is 11.8 Å². The van der Waals surface area contributed by atoms with Crippen molar-refractivity contribution < 1.29 is 9.90 Å². The fourth-order valence-corrected chi connectivity index (χ4v) is 3.32. The normalized spacial score (nSPS) is 42.9. The summed E-state index contributed by atoms with van der Waals surface area (Å²) in [6.45, 7) is 0. The van der Waals surface area contributed by atoms with Crippen molar-refractivity contribution in [2.24, 2.45) is 23.5 Å². The van der Waals surface area contributed by atoms with E-state index in [1.165, 1.54) is 0 Å². The molecule has 2 saturated carbocycles. The van der Waals surface area contributed by atoms with Gasteiger partial charge in [0, 0.05) is 5.92 Å². The Labute approximate surface area is 84.7 Å². The molecule has 2 fully saturated rings. The van der Waals surface area contributed by atoms with Crippen molar-refractivity contribution in [1.82, 2.24) is 0 Å². The zero-order valence-electron chi connectivity index (χ0n) is 8.48. The number of aliphatic hydroxyl groups excluding tert-OH is 1. The largest absolute Gasteiger partial charge is 0.393 e. The number of rotatable bonds is 1. The summed E-state index contributed by atoms with van der Waals surface area (Å²) in [6.07, 6.45) is 5.91. The molecular weight excluding hydrogens is 178 g/mol. The fraction of sp³-hybridized carbons (Fsp3) is 0.909. The average molecular weight is 197 g/mol. The van der Waals surface area contributed by atoms with Crippen LogP contribution in [-0.4, -0.2) is 17.1 Å². The minimum Gasteiger partial charge on any atom is -0.393 e. The van der Waals surface area contributed by atoms with Crippen LogP contribution < -0.4 is 5.73 Å². The molecule has 80 valence electrons. The SMILES string of the molecule is NC(=O)C1CCCC2C(O)CCCC12. The fourth-order valence-electron chi connectivity index (χ4n) is 3.32. The first kappa shape index (κ1) is 9.97. The minimum absolute atomic E-state index is 0.0312. The molecule has 0 aromatic carbocycles. The van der Waals surface area contributed by atoms with Crippen LogP contribution in [0.1, 0.15) is 38.5 Å². The van der Waals surface area contributed by atoms with E-state index in [1.54, 1.807) is 0 Å². The average Bonchev–Trinajstić information content (AvgIpc) is 2.17. The highest BCUT2D eigenvalue weighted by Crippen LogP contribution is 2.43. The molecule has 0 aromatic rings. The van der Waals surface area contributed by atoms with Gasteiger partial charge in [-0.2, -0.15) is 0 Å². The van der Waals surface area contributed by atoms with Crippen LogP contribution in [0, 0.1) is 17.8 Å². The molecule has 0 spiro atoms. The molecule has 2 aliphatic carbocycles. The maximum atomic E-state index is 11.3. The zero-order valence-corrected chi connectivity index (χ0v) is 8.48. The molecule has 14 heavy (non-hydrogen) atoms. The third-order valence-corrected chi connectivity index (χ3v) is 4.02. The summed E-state index contributed by atoms with van der Waals surface area (Å²) >= 11 is 0. The number of hydrogen-bond acceptors (Lipinski definition) is 2. The van der Waals surface area contributed by atoms with E-state index in [4.69, 9.17) is 5.73 Å². The van der Waals surface area contributed by atoms with E-state index in [9.17, 15) is 9.90 Å². The Balaban J connectivity index is 2.11. The number of aliphatic hydroxyl groups is 1. The highest BCUT2D eigenvalue weighted by Gasteiger charge is 2.41. The minimum atomic E-state index is -0.184. The van der Waals surface area contributed by atoms with Crippen molar-refractivity contribution in [2.75, 3.05) is 0 Å². The molecule has 2 rings (SSSR count). The first-order valence-electron chi connectivity index (χ1n) is 5.67. The number of fused-ring (bicyclic) bond motifs is 1. The number of primary amides is 1. The molecule has 3 heteroatoms. The summed E-state index contributed by atoms with van der Waals surface area (Å²) in [4.78, 5) is 11.3. The molecular formula is C11H19NO2. The number of nitrogens with two attached hydrogens (primary N) is 1. The van der Waals surface area contributed by atoms with Gasteiger partial charge in [-0.05, 0) is 37.5 Å². The first-order chi connectivity index (χ1) is 6.70. The van der Waals surface area contributed by atoms with E-state index in [2.05, 4.69) is 0 Å². The zero-order chi connectivity index (χ0) is 10.1. The number of amides is 1. The van der Waals surface area contributed by atoms with Crippen molar-refractivity contribution in [3.05, 3.63) is 0 Å². The molecule has 0 bridgehead atoms. The Hall–Kier alpha value is -0.570. The maximum Gasteiger partial charge on any atom is 0.220 e. The van der Waals surface area contributed by atoms with E-state index in [-0.39, 0.29) is 17.9 Å². The van der Waals surface area contributed by atoms with Crippen molar-refractivity contribution in [1.29, 1.82) is 0 Å². The van der Waals surface area contributed by atoms with Crippen LogP contribution in [0.3, 0.4) is 0 Å². The van der Waals surface area contributed by atoms with Crippen LogP contribution in [0.4, 0.5) is 0 Å². The Morgan fingerprint density at radius 2 is 1.71 bits per heavy atom. The maximum absolute atomic E-state index is 11.3. The van der Waals surface area contributed by atoms with Gasteiger partial charge in [0.15, 0.2) is 0 Å². The van der Waals surface area contributed by atoms with Crippen LogP contribution in [0.15, 0.2) is 0 Å². The summed E-state index contributed by atoms with van der Waals surface area (Å²) in [6, 6.07) is 0. The molecule has 4 unspecified atom stereocenters. The van der Waals surface area contributed by atoms with Crippen LogP contribution in [0.2, 0.25) is 0 Å². The van der Waals surface area contributed by atoms with Gasteiger partial charge in [-0.1, -0.05) is 12.8 Å². The molecule has 0 saturated heterocycles. The monoisotopic (exact) mass is 197 g/mol. The summed E-state index contributed by atoms with van der Waals surface area (Å²) in [5.41, 5.74) is 5.40. The lowest BCUT2D eigenvalue weighted by Gasteiger charge is -2.42. The van der Waals surface area contributed by atoms with Crippen LogP contribution in [0.5, 0.6) is 0 Å². The summed E-state index contributed by atoms with van der Waals surface area (Å²) in [5, 5.41) is 9.85. The highest BCUT2D eigenvalue weighted by molar-refractivity contribution is 5.77. The molecule has 4 atom stereocenters. The van der Waals surface area contributed by atoms with Crippen LogP contribution in [-0.2, 0) is 4.79 Å². The molecule has 1 amide bonds. The topological polar surface area (TPSA) is 63.3 Å². The summed E-state index contributed by atoms with van der Waals surface area (Å²) in [7, 11) is 0. The van der Waals surface area contributed by atoms with Crippen LogP contribution >= 0.6 is 0 Å². The standard InChI is InChI=1S/C11H19NO2/c12-11(14)9-5-1-4-8-7(9)3-2-6-10(8)13/h7-10,13H,1-6H2,(H2,12,14). The van der Waals surface area contributed by atoms with Gasteiger partial charge >= 0.3 is 0 Å². The van der Waals surface area contributed by atoms with E-state index < -0.39 is 0 Å². The van der Waals surface area contributed by atoms with Gasteiger partial charge < -0.3 is 10.8 Å². The molecule has 0 aromatic heterocycles. The van der Waals surface area contributed by atoms with Gasteiger partial charge in [0.2, 0.25) is 5.91 Å². The second-order valence-electron chi connectivity index (χ2n) is 4.77. The number of carbonyl (C=O) groups excluding carboxylic acids is 1. The van der Waals surface area contributed by atoms with Crippen molar-refractivity contribution in [3.63, 3.8) is 0 Å². The van der Waals surface area contributed by atoms with E-state index >= 15 is 0 Å². The molecule has 0 radical (unpaired) electrons. The smallest absolute Gasteiger partial charge is 0.220 e. The predicted octanol–water partition coefficient (Wildman–Crippen LogP) is 1.05. The summed E-state index contributed by atoms with van der Waals surface area (Å²) in [5.74, 6) is 0.581. The second kappa shape index (κ2) is 3.89. The van der Waals surface area contributed by atoms with Gasteiger partial charge in [-0.25, -0.2) is 0 Å². The molecule has 0 heterocycles. The Morgan fingerprint density at radius 1 is 1.07 bits per heavy atom. The Morgan fingerprint density at radius 3 is 2.43 bits per heavy atom. The lowest BCUT2D eigenvalue weighted by molar-refractivity contribution is -0.128. The number of carbonyl (C=O) groups is 1. The Bertz CT molecular complexity index is 229. The highest BCUT2D eigenvalue weighted by atomic mass is 16.3. The molecule has 3 nitrogen and oxygen atoms in total. The predicted molar refractivity (Wildman–Crippen MR) is 53.4 cm³/mol.